The molecule has 2 fully saturated rings. The highest BCUT2D eigenvalue weighted by Gasteiger charge is 2.32. The Morgan fingerprint density at radius 1 is 0.919 bits per heavy atom. The van der Waals surface area contributed by atoms with Crippen LogP contribution in [-0.2, 0) is 19.6 Å². The summed E-state index contributed by atoms with van der Waals surface area (Å²) in [6.07, 6.45) is 4.60. The molecule has 1 atom stereocenters. The summed E-state index contributed by atoms with van der Waals surface area (Å²) >= 11 is 0. The smallest absolute Gasteiger partial charge is 0.248 e. The number of rotatable bonds is 12. The number of likely N-dealkylation sites (tertiary alicyclic amines) is 1. The van der Waals surface area contributed by atoms with E-state index < -0.39 is 10.0 Å². The Hall–Kier alpha value is -1.52. The zero-order valence-electron chi connectivity index (χ0n) is 23.7. The standard InChI is InChI=1S/C28H48N4O4S/c1-6-26(32(7-2)37(34,35)28-24(4)19-23(3)20-25(28)5)21-36-22-27(33)31-17-15-30(16-18-31)14-13-29-11-9-8-10-12-29/h19-20,26H,6-18,21-22H2,1-5H3/t26-/m0/s1. The minimum Gasteiger partial charge on any atom is -0.370 e. The third-order valence-electron chi connectivity index (χ3n) is 7.80. The number of piperidine rings is 1. The Morgan fingerprint density at radius 3 is 2.03 bits per heavy atom. The maximum Gasteiger partial charge on any atom is 0.248 e. The minimum absolute atomic E-state index is 0.00946. The van der Waals surface area contributed by atoms with E-state index in [1.54, 1.807) is 0 Å². The number of nitrogens with zero attached hydrogens (tertiary/aromatic N) is 4. The number of likely N-dealkylation sites (N-methyl/N-ethyl adjacent to an activating group) is 1. The molecule has 3 rings (SSSR count). The molecule has 1 aromatic rings. The number of ether oxygens (including phenoxy) is 1. The minimum atomic E-state index is -3.68. The monoisotopic (exact) mass is 536 g/mol. The van der Waals surface area contributed by atoms with E-state index in [2.05, 4.69) is 9.80 Å². The molecule has 0 N–H and O–H groups in total. The van der Waals surface area contributed by atoms with Crippen LogP contribution in [0.15, 0.2) is 17.0 Å². The van der Waals surface area contributed by atoms with Gasteiger partial charge in [-0.15, -0.1) is 0 Å². The van der Waals surface area contributed by atoms with E-state index in [1.165, 1.54) is 36.7 Å². The molecule has 0 bridgehead atoms. The van der Waals surface area contributed by atoms with E-state index in [0.717, 1.165) is 56.0 Å². The molecule has 0 unspecified atom stereocenters. The third-order valence-corrected chi connectivity index (χ3v) is 10.1. The molecule has 9 heteroatoms. The lowest BCUT2D eigenvalue weighted by molar-refractivity contribution is -0.138. The van der Waals surface area contributed by atoms with Gasteiger partial charge in [0.25, 0.3) is 0 Å². The first-order chi connectivity index (χ1) is 17.7. The topological polar surface area (TPSA) is 73.4 Å². The average Bonchev–Trinajstić information content (AvgIpc) is 2.86. The van der Waals surface area contributed by atoms with E-state index in [0.29, 0.717) is 17.9 Å². The maximum absolute atomic E-state index is 13.6. The van der Waals surface area contributed by atoms with Gasteiger partial charge >= 0.3 is 0 Å². The van der Waals surface area contributed by atoms with E-state index in [-0.39, 0.29) is 25.2 Å². The van der Waals surface area contributed by atoms with Crippen molar-refractivity contribution in [1.82, 2.24) is 19.0 Å². The van der Waals surface area contributed by atoms with Gasteiger partial charge in [-0.3, -0.25) is 9.69 Å². The summed E-state index contributed by atoms with van der Waals surface area (Å²) < 4.78 is 34.6. The van der Waals surface area contributed by atoms with Gasteiger partial charge in [0.15, 0.2) is 0 Å². The van der Waals surface area contributed by atoms with E-state index >= 15 is 0 Å². The number of carbonyl (C=O) groups excluding carboxylic acids is 1. The first kappa shape index (κ1) is 30.0. The van der Waals surface area contributed by atoms with Crippen molar-refractivity contribution in [3.8, 4) is 0 Å². The number of hydrogen-bond acceptors (Lipinski definition) is 6. The number of hydrogen-bond donors (Lipinski definition) is 0. The molecule has 0 saturated carbocycles. The van der Waals surface area contributed by atoms with Crippen LogP contribution in [-0.4, -0.2) is 111 Å². The van der Waals surface area contributed by atoms with Crippen LogP contribution in [0.5, 0.6) is 0 Å². The SMILES string of the molecule is CC[C@@H](COCC(=O)N1CCN(CCN2CCCCC2)CC1)N(CC)S(=O)(=O)c1c(C)cc(C)cc1C. The quantitative estimate of drug-likeness (QED) is 0.409. The molecule has 8 nitrogen and oxygen atoms in total. The van der Waals surface area contributed by atoms with Gasteiger partial charge < -0.3 is 14.5 Å². The molecule has 2 heterocycles. The second-order valence-electron chi connectivity index (χ2n) is 10.6. The fourth-order valence-electron chi connectivity index (χ4n) is 5.78. The van der Waals surface area contributed by atoms with Gasteiger partial charge in [0.05, 0.1) is 11.5 Å². The van der Waals surface area contributed by atoms with Crippen molar-refractivity contribution >= 4 is 15.9 Å². The Morgan fingerprint density at radius 2 is 1.49 bits per heavy atom. The van der Waals surface area contributed by atoms with Gasteiger partial charge in [-0.1, -0.05) is 38.0 Å². The molecule has 2 aliphatic heterocycles. The van der Waals surface area contributed by atoms with Crippen LogP contribution in [0.25, 0.3) is 0 Å². The zero-order chi connectivity index (χ0) is 27.0. The molecule has 210 valence electrons. The number of piperazine rings is 1. The maximum atomic E-state index is 13.6. The Balaban J connectivity index is 1.48. The average molecular weight is 537 g/mol. The fourth-order valence-corrected chi connectivity index (χ4v) is 7.89. The van der Waals surface area contributed by atoms with Gasteiger partial charge in [-0.25, -0.2) is 8.42 Å². The van der Waals surface area contributed by atoms with E-state index in [9.17, 15) is 13.2 Å². The van der Waals surface area contributed by atoms with Crippen molar-refractivity contribution in [3.05, 3.63) is 28.8 Å². The second-order valence-corrected chi connectivity index (χ2v) is 12.5. The summed E-state index contributed by atoms with van der Waals surface area (Å²) in [5, 5.41) is 0. The number of sulfonamides is 1. The molecule has 1 amide bonds. The molecule has 0 aromatic heterocycles. The summed E-state index contributed by atoms with van der Waals surface area (Å²) in [4.78, 5) is 20.1. The molecular formula is C28H48N4O4S. The van der Waals surface area contributed by atoms with E-state index in [4.69, 9.17) is 4.74 Å². The van der Waals surface area contributed by atoms with Gasteiger partial charge in [-0.05, 0) is 64.3 Å². The molecule has 0 radical (unpaired) electrons. The summed E-state index contributed by atoms with van der Waals surface area (Å²) in [5.74, 6) is -0.0123. The first-order valence-corrected chi connectivity index (χ1v) is 15.5. The fraction of sp³-hybridized carbons (Fsp3) is 0.750. The van der Waals surface area contributed by atoms with Crippen molar-refractivity contribution in [2.75, 3.05) is 72.1 Å². The Kier molecular flexibility index (Phi) is 11.4. The van der Waals surface area contributed by atoms with Crippen LogP contribution in [0.3, 0.4) is 0 Å². The summed E-state index contributed by atoms with van der Waals surface area (Å²) in [6.45, 7) is 17.9. The lowest BCUT2D eigenvalue weighted by atomic mass is 10.1. The predicted octanol–water partition coefficient (Wildman–Crippen LogP) is 3.05. The second kappa shape index (κ2) is 14.0. The summed E-state index contributed by atoms with van der Waals surface area (Å²) in [7, 11) is -3.68. The van der Waals surface area contributed by atoms with Crippen molar-refractivity contribution in [2.45, 2.75) is 71.2 Å². The lowest BCUT2D eigenvalue weighted by Crippen LogP contribution is -2.51. The largest absolute Gasteiger partial charge is 0.370 e. The normalized spacial score (nSPS) is 18.9. The molecule has 1 aromatic carbocycles. The first-order valence-electron chi connectivity index (χ1n) is 14.1. The van der Waals surface area contributed by atoms with Crippen LogP contribution in [0, 0.1) is 20.8 Å². The number of benzene rings is 1. The molecule has 0 aliphatic carbocycles. The summed E-state index contributed by atoms with van der Waals surface area (Å²) in [6, 6.07) is 3.50. The lowest BCUT2D eigenvalue weighted by Gasteiger charge is -2.36. The van der Waals surface area contributed by atoms with Crippen LogP contribution in [0.2, 0.25) is 0 Å². The molecule has 2 saturated heterocycles. The van der Waals surface area contributed by atoms with Crippen LogP contribution in [0.4, 0.5) is 0 Å². The highest BCUT2D eigenvalue weighted by Crippen LogP contribution is 2.27. The Labute approximate surface area is 225 Å². The van der Waals surface area contributed by atoms with Gasteiger partial charge in [-0.2, -0.15) is 4.31 Å². The highest BCUT2D eigenvalue weighted by atomic mass is 32.2. The summed E-state index contributed by atoms with van der Waals surface area (Å²) in [5.41, 5.74) is 2.57. The number of carbonyl (C=O) groups is 1. The predicted molar refractivity (Wildman–Crippen MR) is 148 cm³/mol. The van der Waals surface area contributed by atoms with Crippen LogP contribution < -0.4 is 0 Å². The zero-order valence-corrected chi connectivity index (χ0v) is 24.5. The number of amides is 1. The highest BCUT2D eigenvalue weighted by molar-refractivity contribution is 7.89. The van der Waals surface area contributed by atoms with Crippen molar-refractivity contribution in [3.63, 3.8) is 0 Å². The van der Waals surface area contributed by atoms with Crippen molar-refractivity contribution < 1.29 is 17.9 Å². The molecule has 2 aliphatic rings. The van der Waals surface area contributed by atoms with Gasteiger partial charge in [0.1, 0.15) is 6.61 Å². The van der Waals surface area contributed by atoms with Crippen LogP contribution >= 0.6 is 0 Å². The molecule has 37 heavy (non-hydrogen) atoms. The number of aryl methyl sites for hydroxylation is 3. The molecule has 0 spiro atoms. The third kappa shape index (κ3) is 7.99. The van der Waals surface area contributed by atoms with Crippen molar-refractivity contribution in [1.29, 1.82) is 0 Å². The van der Waals surface area contributed by atoms with E-state index in [1.807, 2.05) is 51.7 Å². The van der Waals surface area contributed by atoms with Gasteiger partial charge in [0, 0.05) is 51.9 Å². The van der Waals surface area contributed by atoms with Gasteiger partial charge in [0.2, 0.25) is 15.9 Å². The van der Waals surface area contributed by atoms with Crippen LogP contribution in [0.1, 0.15) is 56.2 Å². The molecular weight excluding hydrogens is 488 g/mol. The van der Waals surface area contributed by atoms with Crippen molar-refractivity contribution in [2.24, 2.45) is 0 Å². The Bertz CT molecular complexity index is 963.